The molecule has 0 bridgehead atoms. The van der Waals surface area contributed by atoms with Gasteiger partial charge in [0.15, 0.2) is 5.69 Å². The number of carboxylic acids is 1. The highest BCUT2D eigenvalue weighted by atomic mass is 16.6. The molecule has 100 valence electrons. The summed E-state index contributed by atoms with van der Waals surface area (Å²) in [5, 5.41) is 9.16. The minimum absolute atomic E-state index is 0.0906. The molecule has 0 fully saturated rings. The summed E-state index contributed by atoms with van der Waals surface area (Å²) in [6, 6.07) is 1.73. The number of hydrogen-bond acceptors (Lipinski definition) is 4. The summed E-state index contributed by atoms with van der Waals surface area (Å²) in [6.45, 7) is 3.98. The molecule has 6 nitrogen and oxygen atoms in total. The van der Waals surface area contributed by atoms with E-state index in [9.17, 15) is 9.59 Å². The van der Waals surface area contributed by atoms with Gasteiger partial charge in [0.1, 0.15) is 6.61 Å². The van der Waals surface area contributed by atoms with E-state index in [4.69, 9.17) is 9.84 Å². The number of carbonyl (C=O) groups excluding carboxylic acids is 1. The zero-order chi connectivity index (χ0) is 13.8. The van der Waals surface area contributed by atoms with E-state index in [-0.39, 0.29) is 12.3 Å². The normalized spacial score (nSPS) is 13.6. The van der Waals surface area contributed by atoms with E-state index in [1.807, 2.05) is 0 Å². The van der Waals surface area contributed by atoms with Gasteiger partial charge in [0.05, 0.1) is 5.69 Å². The maximum absolute atomic E-state index is 11.9. The Bertz CT molecular complexity index is 527. The van der Waals surface area contributed by atoms with E-state index >= 15 is 0 Å². The van der Waals surface area contributed by atoms with Crippen molar-refractivity contribution in [3.05, 3.63) is 36.2 Å². The largest absolute Gasteiger partial charge is 0.476 e. The maximum Gasteiger partial charge on any atom is 0.414 e. The molecule has 0 saturated carbocycles. The first-order valence-electron chi connectivity index (χ1n) is 5.91. The number of ether oxygens (including phenoxy) is 1. The van der Waals surface area contributed by atoms with Gasteiger partial charge in [-0.1, -0.05) is 12.7 Å². The molecule has 1 aliphatic rings. The van der Waals surface area contributed by atoms with Gasteiger partial charge in [0, 0.05) is 12.7 Å². The highest BCUT2D eigenvalue weighted by Crippen LogP contribution is 2.30. The molecule has 0 atom stereocenters. The molecule has 6 heteroatoms. The smallest absolute Gasteiger partial charge is 0.414 e. The Morgan fingerprint density at radius 1 is 1.58 bits per heavy atom. The monoisotopic (exact) mass is 262 g/mol. The van der Waals surface area contributed by atoms with Crippen molar-refractivity contribution in [1.29, 1.82) is 0 Å². The Labute approximate surface area is 110 Å². The number of aryl methyl sites for hydroxylation is 1. The van der Waals surface area contributed by atoms with E-state index in [0.29, 0.717) is 12.2 Å². The summed E-state index contributed by atoms with van der Waals surface area (Å²) in [5.74, 6) is -1.15. The van der Waals surface area contributed by atoms with E-state index in [0.717, 1.165) is 18.4 Å². The van der Waals surface area contributed by atoms with Crippen molar-refractivity contribution in [1.82, 2.24) is 4.98 Å². The maximum atomic E-state index is 11.9. The minimum atomic E-state index is -1.15. The fourth-order valence-corrected chi connectivity index (χ4v) is 2.08. The zero-order valence-electron chi connectivity index (χ0n) is 10.3. The third-order valence-electron chi connectivity index (χ3n) is 2.85. The summed E-state index contributed by atoms with van der Waals surface area (Å²) in [6.07, 6.45) is 3.82. The van der Waals surface area contributed by atoms with Crippen LogP contribution >= 0.6 is 0 Å². The Hall–Kier alpha value is -2.37. The molecule has 2 heterocycles. The van der Waals surface area contributed by atoms with Gasteiger partial charge in [-0.3, -0.25) is 4.90 Å². The van der Waals surface area contributed by atoms with Crippen molar-refractivity contribution in [2.75, 3.05) is 18.1 Å². The average molecular weight is 262 g/mol. The van der Waals surface area contributed by atoms with Crippen LogP contribution in [0.25, 0.3) is 0 Å². The molecular formula is C13H14N2O4. The highest BCUT2D eigenvalue weighted by molar-refractivity contribution is 5.99. The van der Waals surface area contributed by atoms with Gasteiger partial charge in [-0.15, -0.1) is 0 Å². The molecule has 0 saturated heterocycles. The van der Waals surface area contributed by atoms with Crippen LogP contribution in [0, 0.1) is 0 Å². The molecule has 0 aromatic carbocycles. The van der Waals surface area contributed by atoms with E-state index in [1.54, 1.807) is 6.07 Å². The predicted octanol–water partition coefficient (Wildman–Crippen LogP) is 1.85. The molecule has 0 spiro atoms. The number of hydrogen-bond donors (Lipinski definition) is 1. The van der Waals surface area contributed by atoms with E-state index in [2.05, 4.69) is 11.6 Å². The number of fused-ring (bicyclic) bond motifs is 1. The first-order chi connectivity index (χ1) is 9.15. The van der Waals surface area contributed by atoms with E-state index < -0.39 is 12.1 Å². The molecular weight excluding hydrogens is 248 g/mol. The molecule has 0 aliphatic carbocycles. The van der Waals surface area contributed by atoms with Crippen molar-refractivity contribution in [2.24, 2.45) is 0 Å². The second kappa shape index (κ2) is 5.51. The molecule has 1 aliphatic heterocycles. The molecule has 1 amide bonds. The number of pyridine rings is 1. The van der Waals surface area contributed by atoms with Gasteiger partial charge in [-0.2, -0.15) is 0 Å². The van der Waals surface area contributed by atoms with Gasteiger partial charge >= 0.3 is 12.1 Å². The molecule has 1 N–H and O–H groups in total. The lowest BCUT2D eigenvalue weighted by molar-refractivity contribution is 0.0691. The number of anilines is 1. The van der Waals surface area contributed by atoms with Crippen molar-refractivity contribution in [2.45, 2.75) is 12.8 Å². The van der Waals surface area contributed by atoms with Crippen molar-refractivity contribution < 1.29 is 19.4 Å². The fourth-order valence-electron chi connectivity index (χ4n) is 2.08. The summed E-state index contributed by atoms with van der Waals surface area (Å²) >= 11 is 0. The van der Waals surface area contributed by atoms with Crippen LogP contribution in [0.1, 0.15) is 22.5 Å². The SMILES string of the molecule is C=CCOC(=O)N1CCCc2ccnc(C(=O)O)c21. The van der Waals surface area contributed by atoms with Crippen LogP contribution in [0.5, 0.6) is 0 Å². The van der Waals surface area contributed by atoms with Crippen LogP contribution in [0.3, 0.4) is 0 Å². The van der Waals surface area contributed by atoms with Crippen molar-refractivity contribution in [3.63, 3.8) is 0 Å². The van der Waals surface area contributed by atoms with Gasteiger partial charge < -0.3 is 9.84 Å². The molecule has 0 unspecified atom stereocenters. The van der Waals surface area contributed by atoms with Crippen LogP contribution in [0.2, 0.25) is 0 Å². The molecule has 1 aromatic rings. The number of rotatable bonds is 3. The van der Waals surface area contributed by atoms with Gasteiger partial charge in [0.2, 0.25) is 0 Å². The lowest BCUT2D eigenvalue weighted by Gasteiger charge is -2.29. The Morgan fingerprint density at radius 3 is 3.05 bits per heavy atom. The van der Waals surface area contributed by atoms with Gasteiger partial charge in [-0.05, 0) is 24.5 Å². The van der Waals surface area contributed by atoms with Crippen molar-refractivity contribution in [3.8, 4) is 0 Å². The van der Waals surface area contributed by atoms with Gasteiger partial charge in [-0.25, -0.2) is 14.6 Å². The van der Waals surface area contributed by atoms with Crippen LogP contribution in [-0.4, -0.2) is 35.3 Å². The van der Waals surface area contributed by atoms with Crippen molar-refractivity contribution >= 4 is 17.7 Å². The van der Waals surface area contributed by atoms with E-state index in [1.165, 1.54) is 17.2 Å². The number of aromatic nitrogens is 1. The summed E-state index contributed by atoms with van der Waals surface area (Å²) in [5.41, 5.74) is 1.03. The number of aromatic carboxylic acids is 1. The molecule has 1 aromatic heterocycles. The Morgan fingerprint density at radius 2 is 2.37 bits per heavy atom. The number of carboxylic acid groups (broad SMARTS) is 1. The third kappa shape index (κ3) is 2.57. The minimum Gasteiger partial charge on any atom is -0.476 e. The van der Waals surface area contributed by atoms with Gasteiger partial charge in [0.25, 0.3) is 0 Å². The third-order valence-corrected chi connectivity index (χ3v) is 2.85. The lowest BCUT2D eigenvalue weighted by atomic mass is 10.0. The molecule has 2 rings (SSSR count). The summed E-state index contributed by atoms with van der Waals surface area (Å²) < 4.78 is 4.97. The average Bonchev–Trinajstić information content (AvgIpc) is 2.43. The van der Waals surface area contributed by atoms with Crippen LogP contribution in [0.4, 0.5) is 10.5 Å². The number of amides is 1. The lowest BCUT2D eigenvalue weighted by Crippen LogP contribution is -2.37. The highest BCUT2D eigenvalue weighted by Gasteiger charge is 2.29. The van der Waals surface area contributed by atoms with Crippen LogP contribution < -0.4 is 4.90 Å². The number of nitrogens with zero attached hydrogens (tertiary/aromatic N) is 2. The summed E-state index contributed by atoms with van der Waals surface area (Å²) in [7, 11) is 0. The topological polar surface area (TPSA) is 79.7 Å². The van der Waals surface area contributed by atoms with Crippen LogP contribution in [-0.2, 0) is 11.2 Å². The second-order valence-corrected chi connectivity index (χ2v) is 4.09. The Balaban J connectivity index is 2.39. The quantitative estimate of drug-likeness (QED) is 0.841. The number of carbonyl (C=O) groups is 2. The Kier molecular flexibility index (Phi) is 3.79. The summed E-state index contributed by atoms with van der Waals surface area (Å²) in [4.78, 5) is 28.3. The first-order valence-corrected chi connectivity index (χ1v) is 5.91. The first kappa shape index (κ1) is 13.1. The zero-order valence-corrected chi connectivity index (χ0v) is 10.3. The second-order valence-electron chi connectivity index (χ2n) is 4.09. The predicted molar refractivity (Wildman–Crippen MR) is 68.4 cm³/mol. The molecule has 0 radical (unpaired) electrons. The molecule has 19 heavy (non-hydrogen) atoms. The standard InChI is InChI=1S/C13H14N2O4/c1-2-8-19-13(18)15-7-3-4-9-5-6-14-10(11(9)15)12(16)17/h2,5-6H,1,3-4,7-8H2,(H,16,17). The van der Waals surface area contributed by atoms with Crippen LogP contribution in [0.15, 0.2) is 24.9 Å². The fraction of sp³-hybridized carbons (Fsp3) is 0.308.